The van der Waals surface area contributed by atoms with Gasteiger partial charge in [-0.2, -0.15) is 0 Å². The first kappa shape index (κ1) is 32.5. The van der Waals surface area contributed by atoms with Crippen molar-refractivity contribution in [2.45, 2.75) is 57.3 Å². The van der Waals surface area contributed by atoms with E-state index in [4.69, 9.17) is 15.0 Å². The van der Waals surface area contributed by atoms with E-state index in [1.807, 2.05) is 36.4 Å². The summed E-state index contributed by atoms with van der Waals surface area (Å²) in [4.78, 5) is 15.1. The Labute approximate surface area is 323 Å². The van der Waals surface area contributed by atoms with Gasteiger partial charge in [-0.15, -0.1) is 0 Å². The van der Waals surface area contributed by atoms with Crippen LogP contribution in [-0.2, 0) is 10.8 Å². The first-order chi connectivity index (χ1) is 26.9. The Morgan fingerprint density at radius 1 is 0.509 bits per heavy atom. The minimum atomic E-state index is -0.136. The van der Waals surface area contributed by atoms with Crippen molar-refractivity contribution in [3.8, 4) is 67.5 Å². The number of hydrogen-bond donors (Lipinski definition) is 0. The van der Waals surface area contributed by atoms with E-state index in [0.29, 0.717) is 23.4 Å². The molecule has 6 aromatic carbocycles. The van der Waals surface area contributed by atoms with Gasteiger partial charge in [0.2, 0.25) is 0 Å². The van der Waals surface area contributed by atoms with Crippen LogP contribution in [-0.4, -0.2) is 15.0 Å². The average Bonchev–Trinajstić information content (AvgIpc) is 3.64. The van der Waals surface area contributed by atoms with Gasteiger partial charge in [-0.1, -0.05) is 160 Å². The fourth-order valence-corrected chi connectivity index (χ4v) is 10.8. The summed E-state index contributed by atoms with van der Waals surface area (Å²) in [5.41, 5.74) is 18.1. The Balaban J connectivity index is 1.07. The second kappa shape index (κ2) is 12.0. The van der Waals surface area contributed by atoms with E-state index < -0.39 is 0 Å². The van der Waals surface area contributed by atoms with E-state index in [1.165, 1.54) is 81.3 Å². The third-order valence-corrected chi connectivity index (χ3v) is 13.3. The standard InChI is InChI=1S/C52H43N3/c1-32-27-33-25-26-52(38(28-32)29-33)45-19-11-10-17-40(45)47-39(18-12-20-46(47)52)36-21-23-43-41(30-36)42-31-37(22-24-44(42)51(43,2)3)50-54-48(34-13-6-4-7-14-34)53-49(55-50)35-15-8-5-9-16-35/h4-24,28,30-33H,25-27,29H2,1-3H3. The molecule has 0 amide bonds. The largest absolute Gasteiger partial charge is 0.208 e. The lowest BCUT2D eigenvalue weighted by atomic mass is 9.58. The van der Waals surface area contributed by atoms with Crippen LogP contribution in [0.4, 0.5) is 0 Å². The molecule has 55 heavy (non-hydrogen) atoms. The van der Waals surface area contributed by atoms with E-state index in [9.17, 15) is 0 Å². The Hall–Kier alpha value is -5.93. The number of rotatable bonds is 4. The predicted molar refractivity (Wildman–Crippen MR) is 225 cm³/mol. The molecule has 3 unspecified atom stereocenters. The second-order valence-corrected chi connectivity index (χ2v) is 16.9. The number of nitrogens with zero attached hydrogens (tertiary/aromatic N) is 3. The quantitative estimate of drug-likeness (QED) is 0.171. The second-order valence-electron chi connectivity index (χ2n) is 16.9. The lowest BCUT2D eigenvalue weighted by molar-refractivity contribution is 0.284. The Morgan fingerprint density at radius 3 is 1.76 bits per heavy atom. The molecular weight excluding hydrogens is 667 g/mol. The molecule has 7 aromatic rings. The first-order valence-electron chi connectivity index (χ1n) is 20.0. The van der Waals surface area contributed by atoms with Gasteiger partial charge < -0.3 is 0 Å². The maximum absolute atomic E-state index is 5.08. The number of aromatic nitrogens is 3. The molecule has 4 aliphatic carbocycles. The molecule has 266 valence electrons. The summed E-state index contributed by atoms with van der Waals surface area (Å²) < 4.78 is 0. The molecule has 1 aromatic heterocycles. The van der Waals surface area contributed by atoms with Crippen LogP contribution in [0.3, 0.4) is 0 Å². The van der Waals surface area contributed by atoms with Crippen molar-refractivity contribution in [2.24, 2.45) is 11.8 Å². The fraction of sp³-hybridized carbons (Fsp3) is 0.212. The Morgan fingerprint density at radius 2 is 1.07 bits per heavy atom. The highest BCUT2D eigenvalue weighted by molar-refractivity contribution is 5.96. The van der Waals surface area contributed by atoms with Crippen LogP contribution in [0.5, 0.6) is 0 Å². The molecule has 3 nitrogen and oxygen atoms in total. The molecule has 0 saturated heterocycles. The number of fused-ring (bicyclic) bond motifs is 11. The van der Waals surface area contributed by atoms with Crippen LogP contribution in [0.15, 0.2) is 151 Å². The van der Waals surface area contributed by atoms with Gasteiger partial charge in [0.15, 0.2) is 17.5 Å². The summed E-state index contributed by atoms with van der Waals surface area (Å²) in [7, 11) is 0. The third-order valence-electron chi connectivity index (χ3n) is 13.3. The number of benzene rings is 6. The van der Waals surface area contributed by atoms with Gasteiger partial charge in [0, 0.05) is 27.5 Å². The molecule has 1 spiro atoms. The minimum absolute atomic E-state index is 0.0188. The van der Waals surface area contributed by atoms with E-state index in [-0.39, 0.29) is 10.8 Å². The molecular formula is C52H43N3. The normalized spacial score (nSPS) is 21.0. The van der Waals surface area contributed by atoms with Crippen molar-refractivity contribution in [3.05, 3.63) is 173 Å². The smallest absolute Gasteiger partial charge is 0.164 e. The predicted octanol–water partition coefficient (Wildman–Crippen LogP) is 12.9. The van der Waals surface area contributed by atoms with E-state index in [2.05, 4.69) is 130 Å². The van der Waals surface area contributed by atoms with Crippen LogP contribution in [0.1, 0.15) is 68.7 Å². The van der Waals surface area contributed by atoms with Crippen LogP contribution in [0, 0.1) is 11.8 Å². The minimum Gasteiger partial charge on any atom is -0.208 e. The van der Waals surface area contributed by atoms with Gasteiger partial charge >= 0.3 is 0 Å². The third kappa shape index (κ3) is 4.85. The highest BCUT2D eigenvalue weighted by Gasteiger charge is 2.50. The van der Waals surface area contributed by atoms with E-state index >= 15 is 0 Å². The van der Waals surface area contributed by atoms with Crippen molar-refractivity contribution in [1.82, 2.24) is 15.0 Å². The maximum atomic E-state index is 5.08. The lowest BCUT2D eigenvalue weighted by Gasteiger charge is -2.45. The highest BCUT2D eigenvalue weighted by atomic mass is 15.0. The SMILES string of the molecule is CC1C=C2CC(CCC23c2ccccc2-c2c(-c4ccc5c(c4)-c4cc(-c6nc(-c7ccccc7)nc(-c7ccccc7)n6)ccc4C5(C)C)cccc23)C1. The zero-order valence-corrected chi connectivity index (χ0v) is 31.7. The summed E-state index contributed by atoms with van der Waals surface area (Å²) >= 11 is 0. The molecule has 4 aliphatic rings. The van der Waals surface area contributed by atoms with Crippen molar-refractivity contribution < 1.29 is 0 Å². The molecule has 3 heteroatoms. The molecule has 0 radical (unpaired) electrons. The van der Waals surface area contributed by atoms with Gasteiger partial charge in [0.25, 0.3) is 0 Å². The van der Waals surface area contributed by atoms with Crippen LogP contribution in [0.25, 0.3) is 67.5 Å². The van der Waals surface area contributed by atoms with Crippen LogP contribution >= 0.6 is 0 Å². The summed E-state index contributed by atoms with van der Waals surface area (Å²) in [5.74, 6) is 3.49. The molecule has 0 N–H and O–H groups in total. The molecule has 1 heterocycles. The molecule has 1 fully saturated rings. The zero-order chi connectivity index (χ0) is 36.9. The summed E-state index contributed by atoms with van der Waals surface area (Å²) in [6.07, 6.45) is 7.70. The molecule has 0 aliphatic heterocycles. The van der Waals surface area contributed by atoms with E-state index in [0.717, 1.165) is 22.6 Å². The highest BCUT2D eigenvalue weighted by Crippen LogP contribution is 2.62. The summed E-state index contributed by atoms with van der Waals surface area (Å²) in [6.45, 7) is 7.14. The van der Waals surface area contributed by atoms with E-state index in [1.54, 1.807) is 5.57 Å². The summed E-state index contributed by atoms with van der Waals surface area (Å²) in [5, 5.41) is 0. The van der Waals surface area contributed by atoms with Crippen LogP contribution < -0.4 is 0 Å². The van der Waals surface area contributed by atoms with Crippen molar-refractivity contribution in [3.63, 3.8) is 0 Å². The number of allylic oxidation sites excluding steroid dienone is 2. The van der Waals surface area contributed by atoms with Crippen LogP contribution in [0.2, 0.25) is 0 Å². The van der Waals surface area contributed by atoms with Crippen molar-refractivity contribution in [1.29, 1.82) is 0 Å². The van der Waals surface area contributed by atoms with Gasteiger partial charge in [-0.25, -0.2) is 15.0 Å². The van der Waals surface area contributed by atoms with Gasteiger partial charge in [-0.05, 0) is 105 Å². The van der Waals surface area contributed by atoms with Gasteiger partial charge in [-0.3, -0.25) is 0 Å². The van der Waals surface area contributed by atoms with Gasteiger partial charge in [0.1, 0.15) is 0 Å². The van der Waals surface area contributed by atoms with Crippen molar-refractivity contribution in [2.75, 3.05) is 0 Å². The zero-order valence-electron chi connectivity index (χ0n) is 31.7. The van der Waals surface area contributed by atoms with Crippen molar-refractivity contribution >= 4 is 0 Å². The average molecular weight is 710 g/mol. The van der Waals surface area contributed by atoms with Gasteiger partial charge in [0.05, 0.1) is 0 Å². The topological polar surface area (TPSA) is 38.7 Å². The number of hydrogen-bond acceptors (Lipinski definition) is 3. The maximum Gasteiger partial charge on any atom is 0.164 e. The lowest BCUT2D eigenvalue weighted by Crippen LogP contribution is -2.36. The molecule has 2 bridgehead atoms. The fourth-order valence-electron chi connectivity index (χ4n) is 10.8. The molecule has 1 saturated carbocycles. The Kier molecular flexibility index (Phi) is 7.11. The first-order valence-corrected chi connectivity index (χ1v) is 20.0. The molecule has 11 rings (SSSR count). The Bertz CT molecular complexity index is 2650. The summed E-state index contributed by atoms with van der Waals surface area (Å²) in [6, 6.07) is 50.9. The molecule has 3 atom stereocenters. The monoisotopic (exact) mass is 709 g/mol.